The molecule has 3 aromatic heterocycles. The van der Waals surface area contributed by atoms with Crippen molar-refractivity contribution in [3.8, 4) is 11.4 Å². The molecule has 14 heteroatoms. The Morgan fingerprint density at radius 3 is 2.52 bits per heavy atom. The molecule has 2 fully saturated rings. The number of anilines is 2. The van der Waals surface area contributed by atoms with E-state index in [0.29, 0.717) is 31.8 Å². The van der Waals surface area contributed by atoms with Crippen LogP contribution in [0.5, 0.6) is 0 Å². The number of aromatic nitrogens is 4. The van der Waals surface area contributed by atoms with E-state index in [9.17, 15) is 22.8 Å². The number of hydrogen-bond acceptors (Lipinski definition) is 8. The third-order valence-electron chi connectivity index (χ3n) is 7.76. The predicted molar refractivity (Wildman–Crippen MR) is 155 cm³/mol. The first kappa shape index (κ1) is 29.5. The maximum absolute atomic E-state index is 14.9. The quantitative estimate of drug-likeness (QED) is 0.308. The van der Waals surface area contributed by atoms with Crippen molar-refractivity contribution in [1.82, 2.24) is 24.4 Å². The SMILES string of the molecule is Cc1c(F)cc(-c2noc(C3CC(F)(F)C3)n2)cc1NC(=O)c1cnc2cc(N3CCN(C(=O)OC(C)(C)C)CC3)ccn12. The molecule has 1 aliphatic carbocycles. The van der Waals surface area contributed by atoms with Gasteiger partial charge in [0.05, 0.1) is 6.20 Å². The summed E-state index contributed by atoms with van der Waals surface area (Å²) in [4.78, 5) is 38.1. The van der Waals surface area contributed by atoms with E-state index in [1.807, 2.05) is 32.9 Å². The van der Waals surface area contributed by atoms with Gasteiger partial charge in [0.25, 0.3) is 5.91 Å². The molecule has 0 atom stereocenters. The van der Waals surface area contributed by atoms with E-state index >= 15 is 0 Å². The summed E-state index contributed by atoms with van der Waals surface area (Å²) >= 11 is 0. The highest BCUT2D eigenvalue weighted by Gasteiger charge is 2.48. The molecule has 1 saturated heterocycles. The summed E-state index contributed by atoms with van der Waals surface area (Å²) < 4.78 is 53.7. The zero-order valence-corrected chi connectivity index (χ0v) is 24.7. The van der Waals surface area contributed by atoms with Gasteiger partial charge in [0, 0.05) is 79.7 Å². The van der Waals surface area contributed by atoms with Crippen molar-refractivity contribution in [1.29, 1.82) is 0 Å². The molecule has 1 aliphatic heterocycles. The first-order valence-corrected chi connectivity index (χ1v) is 14.3. The summed E-state index contributed by atoms with van der Waals surface area (Å²) in [5.41, 5.74) is 1.75. The van der Waals surface area contributed by atoms with Crippen LogP contribution in [0.4, 0.5) is 29.3 Å². The number of alkyl halides is 2. The van der Waals surface area contributed by atoms with Crippen molar-refractivity contribution in [2.45, 2.75) is 58.0 Å². The van der Waals surface area contributed by atoms with Crippen LogP contribution < -0.4 is 10.2 Å². The fourth-order valence-electron chi connectivity index (χ4n) is 5.29. The largest absolute Gasteiger partial charge is 0.444 e. The lowest BCUT2D eigenvalue weighted by atomic mass is 9.81. The number of piperazine rings is 1. The second-order valence-corrected chi connectivity index (χ2v) is 12.2. The Bertz CT molecular complexity index is 1730. The topological polar surface area (TPSA) is 118 Å². The molecule has 0 bridgehead atoms. The lowest BCUT2D eigenvalue weighted by Gasteiger charge is -2.36. The number of carbonyl (C=O) groups excluding carboxylic acids is 2. The van der Waals surface area contributed by atoms with Crippen LogP contribution in [0.15, 0.2) is 41.2 Å². The van der Waals surface area contributed by atoms with Gasteiger partial charge in [-0.25, -0.2) is 22.9 Å². The first-order chi connectivity index (χ1) is 20.8. The maximum Gasteiger partial charge on any atom is 0.410 e. The number of imidazole rings is 1. The van der Waals surface area contributed by atoms with Crippen molar-refractivity contribution >= 4 is 29.0 Å². The van der Waals surface area contributed by atoms with Crippen LogP contribution in [0.3, 0.4) is 0 Å². The number of carbonyl (C=O) groups is 2. The monoisotopic (exact) mass is 611 g/mol. The molecule has 2 aliphatic rings. The zero-order chi connectivity index (χ0) is 31.4. The number of nitrogens with zero attached hydrogens (tertiary/aromatic N) is 6. The minimum absolute atomic E-state index is 0.0406. The number of hydrogen-bond donors (Lipinski definition) is 1. The highest BCUT2D eigenvalue weighted by Crippen LogP contribution is 2.48. The van der Waals surface area contributed by atoms with Crippen molar-refractivity contribution in [2.24, 2.45) is 0 Å². The van der Waals surface area contributed by atoms with Crippen LogP contribution in [0.25, 0.3) is 17.0 Å². The minimum atomic E-state index is -2.75. The number of nitrogens with one attached hydrogen (secondary N) is 1. The Balaban J connectivity index is 1.15. The standard InChI is InChI=1S/C30H32F3N7O4/c1-17-21(31)11-18(25-36-27(44-37-25)19-14-30(32,33)15-19)12-22(17)35-26(41)23-16-34-24-13-20(5-6-40(23)24)38-7-9-39(10-8-38)28(42)43-29(2,3)4/h5-6,11-13,16,19H,7-10,14-15H2,1-4H3,(H,35,41). The summed E-state index contributed by atoms with van der Waals surface area (Å²) in [7, 11) is 0. The fraction of sp³-hybridized carbons (Fsp3) is 0.433. The number of amides is 2. The minimum Gasteiger partial charge on any atom is -0.444 e. The number of benzene rings is 1. The van der Waals surface area contributed by atoms with Gasteiger partial charge >= 0.3 is 6.09 Å². The third-order valence-corrected chi connectivity index (χ3v) is 7.76. The van der Waals surface area contributed by atoms with Crippen molar-refractivity contribution < 1.29 is 32.0 Å². The summed E-state index contributed by atoms with van der Waals surface area (Å²) in [6, 6.07) is 6.44. The maximum atomic E-state index is 14.9. The molecule has 0 radical (unpaired) electrons. The number of rotatable bonds is 5. The average Bonchev–Trinajstić information content (AvgIpc) is 3.60. The van der Waals surface area contributed by atoms with Crippen molar-refractivity contribution in [3.63, 3.8) is 0 Å². The molecule has 0 unspecified atom stereocenters. The molecule has 11 nitrogen and oxygen atoms in total. The van der Waals surface area contributed by atoms with Gasteiger partial charge < -0.3 is 24.4 Å². The predicted octanol–water partition coefficient (Wildman–Crippen LogP) is 5.65. The molecule has 2 amide bonds. The van der Waals surface area contributed by atoms with Crippen LogP contribution in [-0.2, 0) is 4.74 Å². The van der Waals surface area contributed by atoms with E-state index in [0.717, 1.165) is 5.69 Å². The number of fused-ring (bicyclic) bond motifs is 1. The van der Waals surface area contributed by atoms with Gasteiger partial charge in [-0.1, -0.05) is 5.16 Å². The Morgan fingerprint density at radius 1 is 1.11 bits per heavy atom. The van der Waals surface area contributed by atoms with E-state index in [2.05, 4.69) is 25.3 Å². The molecule has 4 heterocycles. The van der Waals surface area contributed by atoms with Gasteiger partial charge in [0.15, 0.2) is 0 Å². The summed E-state index contributed by atoms with van der Waals surface area (Å²) in [5.74, 6) is -4.29. The zero-order valence-electron chi connectivity index (χ0n) is 24.7. The number of pyridine rings is 1. The molecule has 0 spiro atoms. The van der Waals surface area contributed by atoms with Gasteiger partial charge in [-0.15, -0.1) is 0 Å². The van der Waals surface area contributed by atoms with Gasteiger partial charge in [-0.3, -0.25) is 9.20 Å². The average molecular weight is 612 g/mol. The van der Waals surface area contributed by atoms with Crippen molar-refractivity contribution in [3.05, 3.63) is 59.6 Å². The van der Waals surface area contributed by atoms with E-state index in [-0.39, 0.29) is 53.2 Å². The second-order valence-electron chi connectivity index (χ2n) is 12.2. The molecule has 44 heavy (non-hydrogen) atoms. The Kier molecular flexibility index (Phi) is 7.25. The van der Waals surface area contributed by atoms with Crippen LogP contribution in [0, 0.1) is 12.7 Å². The highest BCUT2D eigenvalue weighted by atomic mass is 19.3. The lowest BCUT2D eigenvalue weighted by molar-refractivity contribution is -0.0925. The fourth-order valence-corrected chi connectivity index (χ4v) is 5.29. The van der Waals surface area contributed by atoms with Crippen molar-refractivity contribution in [2.75, 3.05) is 36.4 Å². The van der Waals surface area contributed by atoms with Crippen LogP contribution in [-0.4, -0.2) is 74.1 Å². The Labute approximate surface area is 251 Å². The number of ether oxygens (including phenoxy) is 1. The summed E-state index contributed by atoms with van der Waals surface area (Å²) in [6.07, 6.45) is 2.10. The van der Waals surface area contributed by atoms with Crippen LogP contribution in [0.2, 0.25) is 0 Å². The molecule has 232 valence electrons. The third kappa shape index (κ3) is 5.92. The molecular formula is C30H32F3N7O4. The van der Waals surface area contributed by atoms with Crippen LogP contribution in [0.1, 0.15) is 61.5 Å². The van der Waals surface area contributed by atoms with E-state index in [1.165, 1.54) is 25.3 Å². The van der Waals surface area contributed by atoms with Gasteiger partial charge in [0.2, 0.25) is 17.6 Å². The summed E-state index contributed by atoms with van der Waals surface area (Å²) in [6.45, 7) is 9.28. The second kappa shape index (κ2) is 10.8. The van der Waals surface area contributed by atoms with Gasteiger partial charge in [0.1, 0.15) is 22.8 Å². The van der Waals surface area contributed by atoms with Gasteiger partial charge in [-0.05, 0) is 45.9 Å². The molecular weight excluding hydrogens is 579 g/mol. The highest BCUT2D eigenvalue weighted by molar-refractivity contribution is 6.04. The van der Waals surface area contributed by atoms with E-state index in [4.69, 9.17) is 9.26 Å². The molecule has 6 rings (SSSR count). The summed E-state index contributed by atoms with van der Waals surface area (Å²) in [5, 5.41) is 6.58. The Hall–Kier alpha value is -4.62. The molecule has 1 aromatic carbocycles. The molecule has 1 saturated carbocycles. The van der Waals surface area contributed by atoms with Gasteiger partial charge in [-0.2, -0.15) is 4.98 Å². The van der Waals surface area contributed by atoms with E-state index in [1.54, 1.807) is 15.5 Å². The molecule has 1 N–H and O–H groups in total. The molecule has 4 aromatic rings. The number of halogens is 3. The van der Waals surface area contributed by atoms with E-state index < -0.39 is 29.2 Å². The van der Waals surface area contributed by atoms with Crippen LogP contribution >= 0.6 is 0 Å². The first-order valence-electron chi connectivity index (χ1n) is 14.3. The lowest BCUT2D eigenvalue weighted by Crippen LogP contribution is -2.50. The smallest absolute Gasteiger partial charge is 0.410 e. The normalized spacial score (nSPS) is 17.1. The Morgan fingerprint density at radius 2 is 1.84 bits per heavy atom.